The maximum absolute atomic E-state index is 12.5. The highest BCUT2D eigenvalue weighted by molar-refractivity contribution is 5.81. The molecule has 0 spiro atoms. The molecule has 0 bridgehead atoms. The first-order valence-electron chi connectivity index (χ1n) is 4.94. The minimum Gasteiger partial charge on any atom is -0.355 e. The third kappa shape index (κ3) is 2.62. The number of carbonyl (C=O) groups is 1. The normalized spacial score (nSPS) is 20.9. The van der Waals surface area contributed by atoms with E-state index >= 15 is 0 Å². The Morgan fingerprint density at radius 1 is 1.47 bits per heavy atom. The number of nitrogens with one attached hydrogen (secondary N) is 2. The van der Waals surface area contributed by atoms with Crippen molar-refractivity contribution in [2.45, 2.75) is 44.4 Å². The Kier molecular flexibility index (Phi) is 3.28. The third-order valence-electron chi connectivity index (χ3n) is 2.53. The second kappa shape index (κ2) is 4.00. The summed E-state index contributed by atoms with van der Waals surface area (Å²) in [5.41, 5.74) is -1.82. The Labute approximate surface area is 86.4 Å². The van der Waals surface area contributed by atoms with Crippen molar-refractivity contribution >= 4 is 5.91 Å². The SMILES string of the molecule is CCNC(=O)C(C)NC1(C(F)(F)F)CC1. The highest BCUT2D eigenvalue weighted by atomic mass is 19.4. The second-order valence-corrected chi connectivity index (χ2v) is 3.84. The van der Waals surface area contributed by atoms with Gasteiger partial charge in [-0.05, 0) is 26.7 Å². The highest BCUT2D eigenvalue weighted by Gasteiger charge is 2.63. The van der Waals surface area contributed by atoms with Gasteiger partial charge in [0.05, 0.1) is 6.04 Å². The topological polar surface area (TPSA) is 41.1 Å². The molecule has 1 saturated carbocycles. The summed E-state index contributed by atoms with van der Waals surface area (Å²) in [7, 11) is 0. The quantitative estimate of drug-likeness (QED) is 0.753. The van der Waals surface area contributed by atoms with Gasteiger partial charge in [0.25, 0.3) is 0 Å². The van der Waals surface area contributed by atoms with Crippen LogP contribution in [0.2, 0.25) is 0 Å². The van der Waals surface area contributed by atoms with Crippen molar-refractivity contribution in [1.29, 1.82) is 0 Å². The molecule has 0 aliphatic heterocycles. The van der Waals surface area contributed by atoms with Crippen LogP contribution in [0.15, 0.2) is 0 Å². The molecule has 15 heavy (non-hydrogen) atoms. The molecule has 1 fully saturated rings. The summed E-state index contributed by atoms with van der Waals surface area (Å²) >= 11 is 0. The van der Waals surface area contributed by atoms with Crippen molar-refractivity contribution in [3.8, 4) is 0 Å². The largest absolute Gasteiger partial charge is 0.406 e. The van der Waals surface area contributed by atoms with Crippen molar-refractivity contribution in [3.63, 3.8) is 0 Å². The molecule has 0 radical (unpaired) electrons. The lowest BCUT2D eigenvalue weighted by Crippen LogP contribution is -2.53. The zero-order valence-electron chi connectivity index (χ0n) is 8.74. The van der Waals surface area contributed by atoms with Crippen LogP contribution in [0.5, 0.6) is 0 Å². The van der Waals surface area contributed by atoms with E-state index in [4.69, 9.17) is 0 Å². The van der Waals surface area contributed by atoms with Crippen molar-refractivity contribution < 1.29 is 18.0 Å². The smallest absolute Gasteiger partial charge is 0.355 e. The lowest BCUT2D eigenvalue weighted by Gasteiger charge is -2.24. The van der Waals surface area contributed by atoms with E-state index in [0.29, 0.717) is 6.54 Å². The standard InChI is InChI=1S/C9H15F3N2O/c1-3-13-7(15)6(2)14-8(4-5-8)9(10,11)12/h6,14H,3-5H2,1-2H3,(H,13,15). The first-order valence-corrected chi connectivity index (χ1v) is 4.94. The maximum atomic E-state index is 12.5. The molecule has 6 heteroatoms. The van der Waals surface area contributed by atoms with Gasteiger partial charge in [-0.25, -0.2) is 0 Å². The Balaban J connectivity index is 2.52. The Morgan fingerprint density at radius 3 is 2.33 bits per heavy atom. The first-order chi connectivity index (χ1) is 6.82. The molecule has 1 amide bonds. The molecule has 3 nitrogen and oxygen atoms in total. The van der Waals surface area contributed by atoms with Crippen molar-refractivity contribution in [2.24, 2.45) is 0 Å². The van der Waals surface area contributed by atoms with E-state index in [-0.39, 0.29) is 12.8 Å². The van der Waals surface area contributed by atoms with Crippen molar-refractivity contribution in [1.82, 2.24) is 10.6 Å². The van der Waals surface area contributed by atoms with Crippen LogP contribution in [0, 0.1) is 0 Å². The van der Waals surface area contributed by atoms with E-state index < -0.39 is 23.7 Å². The number of likely N-dealkylation sites (N-methyl/N-ethyl adjacent to an activating group) is 1. The summed E-state index contributed by atoms with van der Waals surface area (Å²) < 4.78 is 37.5. The Morgan fingerprint density at radius 2 is 2.00 bits per heavy atom. The summed E-state index contributed by atoms with van der Waals surface area (Å²) in [5.74, 6) is -0.395. The molecule has 0 aromatic heterocycles. The number of hydrogen-bond acceptors (Lipinski definition) is 2. The van der Waals surface area contributed by atoms with Crippen LogP contribution in [-0.4, -0.2) is 30.2 Å². The summed E-state index contributed by atoms with van der Waals surface area (Å²) in [5, 5.41) is 4.83. The van der Waals surface area contributed by atoms with Crippen molar-refractivity contribution in [2.75, 3.05) is 6.54 Å². The molecule has 1 rings (SSSR count). The van der Waals surface area contributed by atoms with Gasteiger partial charge < -0.3 is 5.32 Å². The number of halogens is 3. The zero-order chi connectivity index (χ0) is 11.7. The van der Waals surface area contributed by atoms with Gasteiger partial charge in [-0.1, -0.05) is 0 Å². The van der Waals surface area contributed by atoms with Gasteiger partial charge in [-0.3, -0.25) is 10.1 Å². The van der Waals surface area contributed by atoms with Crippen molar-refractivity contribution in [3.05, 3.63) is 0 Å². The van der Waals surface area contributed by atoms with Gasteiger partial charge in [-0.15, -0.1) is 0 Å². The van der Waals surface area contributed by atoms with Crippen LogP contribution >= 0.6 is 0 Å². The third-order valence-corrected chi connectivity index (χ3v) is 2.53. The lowest BCUT2D eigenvalue weighted by atomic mass is 10.2. The van der Waals surface area contributed by atoms with Gasteiger partial charge in [0, 0.05) is 6.54 Å². The fourth-order valence-corrected chi connectivity index (χ4v) is 1.44. The monoisotopic (exact) mass is 224 g/mol. The number of hydrogen-bond donors (Lipinski definition) is 2. The van der Waals surface area contributed by atoms with Crippen LogP contribution in [0.1, 0.15) is 26.7 Å². The average molecular weight is 224 g/mol. The molecule has 1 aliphatic carbocycles. The predicted molar refractivity (Wildman–Crippen MR) is 49.3 cm³/mol. The maximum Gasteiger partial charge on any atom is 0.406 e. The molecule has 0 aromatic carbocycles. The van der Waals surface area contributed by atoms with Crippen LogP contribution < -0.4 is 10.6 Å². The van der Waals surface area contributed by atoms with Gasteiger partial charge in [0.1, 0.15) is 5.54 Å². The summed E-state index contributed by atoms with van der Waals surface area (Å²) in [6.07, 6.45) is -4.16. The molecule has 0 heterocycles. The molecular weight excluding hydrogens is 209 g/mol. The fourth-order valence-electron chi connectivity index (χ4n) is 1.44. The molecular formula is C9H15F3N2O. The second-order valence-electron chi connectivity index (χ2n) is 3.84. The fraction of sp³-hybridized carbons (Fsp3) is 0.889. The van der Waals surface area contributed by atoms with Gasteiger partial charge >= 0.3 is 6.18 Å². The minimum atomic E-state index is -4.27. The molecule has 2 N–H and O–H groups in total. The number of amides is 1. The van der Waals surface area contributed by atoms with Gasteiger partial charge in [0.2, 0.25) is 5.91 Å². The Hall–Kier alpha value is -0.780. The lowest BCUT2D eigenvalue weighted by molar-refractivity contribution is -0.168. The van der Waals surface area contributed by atoms with Gasteiger partial charge in [-0.2, -0.15) is 13.2 Å². The first kappa shape index (κ1) is 12.3. The molecule has 0 aromatic rings. The van der Waals surface area contributed by atoms with Crippen LogP contribution in [0.3, 0.4) is 0 Å². The minimum absolute atomic E-state index is 0.0558. The van der Waals surface area contributed by atoms with Gasteiger partial charge in [0.15, 0.2) is 0 Å². The average Bonchev–Trinajstić information content (AvgIpc) is 2.84. The van der Waals surface area contributed by atoms with Crippen LogP contribution in [0.4, 0.5) is 13.2 Å². The molecule has 1 aliphatic rings. The summed E-state index contributed by atoms with van der Waals surface area (Å²) in [4.78, 5) is 11.2. The Bertz CT molecular complexity index is 248. The highest BCUT2D eigenvalue weighted by Crippen LogP contribution is 2.49. The van der Waals surface area contributed by atoms with Crippen LogP contribution in [-0.2, 0) is 4.79 Å². The molecule has 1 unspecified atom stereocenters. The van der Waals surface area contributed by atoms with E-state index in [9.17, 15) is 18.0 Å². The predicted octanol–water partition coefficient (Wildman–Crippen LogP) is 1.20. The number of rotatable bonds is 4. The van der Waals surface area contributed by atoms with E-state index in [0.717, 1.165) is 0 Å². The zero-order valence-corrected chi connectivity index (χ0v) is 8.74. The molecule has 1 atom stereocenters. The number of alkyl halides is 3. The summed E-state index contributed by atoms with van der Waals surface area (Å²) in [6.45, 7) is 3.59. The molecule has 0 saturated heterocycles. The number of carbonyl (C=O) groups excluding carboxylic acids is 1. The molecule has 88 valence electrons. The summed E-state index contributed by atoms with van der Waals surface area (Å²) in [6, 6.07) is -0.811. The van der Waals surface area contributed by atoms with E-state index in [1.54, 1.807) is 6.92 Å². The van der Waals surface area contributed by atoms with E-state index in [1.807, 2.05) is 0 Å². The van der Waals surface area contributed by atoms with E-state index in [2.05, 4.69) is 10.6 Å². The van der Waals surface area contributed by atoms with E-state index in [1.165, 1.54) is 6.92 Å². The van der Waals surface area contributed by atoms with Crippen LogP contribution in [0.25, 0.3) is 0 Å².